The summed E-state index contributed by atoms with van der Waals surface area (Å²) < 4.78 is 6.65. The van der Waals surface area contributed by atoms with Gasteiger partial charge in [-0.05, 0) is 54.2 Å². The van der Waals surface area contributed by atoms with Gasteiger partial charge in [0.05, 0.1) is 6.61 Å². The SMILES string of the molecule is NC(CCc1ccc2c(c1)CCO2)Cc1ccc(Br)cc1. The summed E-state index contributed by atoms with van der Waals surface area (Å²) in [4.78, 5) is 0. The molecule has 0 amide bonds. The van der Waals surface area contributed by atoms with E-state index < -0.39 is 0 Å². The monoisotopic (exact) mass is 345 g/mol. The van der Waals surface area contributed by atoms with Gasteiger partial charge >= 0.3 is 0 Å². The summed E-state index contributed by atoms with van der Waals surface area (Å²) >= 11 is 3.46. The second kappa shape index (κ2) is 6.63. The van der Waals surface area contributed by atoms with E-state index in [1.165, 1.54) is 16.7 Å². The molecule has 0 radical (unpaired) electrons. The van der Waals surface area contributed by atoms with Crippen molar-refractivity contribution in [1.82, 2.24) is 0 Å². The molecular formula is C18H20BrNO. The number of rotatable bonds is 5. The highest BCUT2D eigenvalue weighted by molar-refractivity contribution is 9.10. The van der Waals surface area contributed by atoms with Gasteiger partial charge in [-0.2, -0.15) is 0 Å². The van der Waals surface area contributed by atoms with Crippen molar-refractivity contribution in [3.05, 3.63) is 63.6 Å². The highest BCUT2D eigenvalue weighted by Gasteiger charge is 2.12. The molecule has 0 saturated carbocycles. The molecule has 3 heteroatoms. The molecule has 2 nitrogen and oxygen atoms in total. The lowest BCUT2D eigenvalue weighted by molar-refractivity contribution is 0.357. The molecule has 0 aromatic heterocycles. The number of hydrogen-bond acceptors (Lipinski definition) is 2. The molecule has 0 aliphatic carbocycles. The van der Waals surface area contributed by atoms with Gasteiger partial charge < -0.3 is 10.5 Å². The third kappa shape index (κ3) is 3.86. The predicted molar refractivity (Wildman–Crippen MR) is 89.8 cm³/mol. The van der Waals surface area contributed by atoms with E-state index >= 15 is 0 Å². The molecule has 21 heavy (non-hydrogen) atoms. The summed E-state index contributed by atoms with van der Waals surface area (Å²) in [6.45, 7) is 0.821. The van der Waals surface area contributed by atoms with Gasteiger partial charge in [0.2, 0.25) is 0 Å². The fourth-order valence-corrected chi connectivity index (χ4v) is 3.04. The zero-order chi connectivity index (χ0) is 14.7. The van der Waals surface area contributed by atoms with Gasteiger partial charge in [0.1, 0.15) is 5.75 Å². The van der Waals surface area contributed by atoms with Gasteiger partial charge in [0.25, 0.3) is 0 Å². The standard InChI is InChI=1S/C18H20BrNO/c19-16-5-1-14(2-6-16)12-17(20)7-3-13-4-8-18-15(11-13)9-10-21-18/h1-2,4-6,8,11,17H,3,7,9-10,12,20H2. The topological polar surface area (TPSA) is 35.2 Å². The van der Waals surface area contributed by atoms with E-state index in [1.807, 2.05) is 0 Å². The highest BCUT2D eigenvalue weighted by Crippen LogP contribution is 2.26. The van der Waals surface area contributed by atoms with E-state index in [2.05, 4.69) is 58.4 Å². The minimum Gasteiger partial charge on any atom is -0.493 e. The van der Waals surface area contributed by atoms with Gasteiger partial charge in [-0.15, -0.1) is 0 Å². The number of benzene rings is 2. The Balaban J connectivity index is 1.53. The van der Waals surface area contributed by atoms with E-state index in [4.69, 9.17) is 10.5 Å². The predicted octanol–water partition coefficient (Wildman–Crippen LogP) is 3.89. The molecule has 1 aliphatic heterocycles. The fourth-order valence-electron chi connectivity index (χ4n) is 2.77. The summed E-state index contributed by atoms with van der Waals surface area (Å²) in [5.74, 6) is 1.05. The first-order chi connectivity index (χ1) is 10.2. The molecule has 1 aliphatic rings. The lowest BCUT2D eigenvalue weighted by Crippen LogP contribution is -2.23. The Labute approximate surface area is 134 Å². The van der Waals surface area contributed by atoms with E-state index in [0.29, 0.717) is 0 Å². The van der Waals surface area contributed by atoms with Crippen LogP contribution in [0.2, 0.25) is 0 Å². The molecular weight excluding hydrogens is 326 g/mol. The molecule has 2 N–H and O–H groups in total. The largest absolute Gasteiger partial charge is 0.493 e. The molecule has 0 saturated heterocycles. The quantitative estimate of drug-likeness (QED) is 0.892. The van der Waals surface area contributed by atoms with Crippen LogP contribution in [0.4, 0.5) is 0 Å². The molecule has 110 valence electrons. The average molecular weight is 346 g/mol. The van der Waals surface area contributed by atoms with Crippen molar-refractivity contribution in [2.24, 2.45) is 5.73 Å². The summed E-state index contributed by atoms with van der Waals surface area (Å²) in [6.07, 6.45) is 4.01. The minimum atomic E-state index is 0.204. The first-order valence-corrected chi connectivity index (χ1v) is 8.24. The maximum atomic E-state index is 6.27. The molecule has 3 rings (SSSR count). The van der Waals surface area contributed by atoms with Gasteiger partial charge in [0.15, 0.2) is 0 Å². The first kappa shape index (κ1) is 14.6. The number of fused-ring (bicyclic) bond motifs is 1. The van der Waals surface area contributed by atoms with E-state index in [9.17, 15) is 0 Å². The van der Waals surface area contributed by atoms with Crippen molar-refractivity contribution in [1.29, 1.82) is 0 Å². The number of ether oxygens (including phenoxy) is 1. The number of aryl methyl sites for hydroxylation is 1. The smallest absolute Gasteiger partial charge is 0.122 e. The van der Waals surface area contributed by atoms with Crippen LogP contribution in [-0.2, 0) is 19.3 Å². The van der Waals surface area contributed by atoms with Gasteiger partial charge in [-0.1, -0.05) is 40.2 Å². The summed E-state index contributed by atoms with van der Waals surface area (Å²) in [5, 5.41) is 0. The van der Waals surface area contributed by atoms with Crippen LogP contribution in [0, 0.1) is 0 Å². The second-order valence-electron chi connectivity index (χ2n) is 5.67. The normalized spacial score (nSPS) is 14.6. The van der Waals surface area contributed by atoms with Crippen LogP contribution in [0.15, 0.2) is 46.9 Å². The van der Waals surface area contributed by atoms with Crippen molar-refractivity contribution < 1.29 is 4.74 Å². The second-order valence-corrected chi connectivity index (χ2v) is 6.59. The maximum absolute atomic E-state index is 6.27. The Morgan fingerprint density at radius 1 is 1.10 bits per heavy atom. The zero-order valence-electron chi connectivity index (χ0n) is 12.0. The van der Waals surface area contributed by atoms with Crippen LogP contribution in [0.5, 0.6) is 5.75 Å². The van der Waals surface area contributed by atoms with Crippen LogP contribution in [0.1, 0.15) is 23.1 Å². The molecule has 2 aromatic rings. The third-order valence-corrected chi connectivity index (χ3v) is 4.50. The molecule has 0 fully saturated rings. The summed E-state index contributed by atoms with van der Waals surface area (Å²) in [6, 6.07) is 15.2. The first-order valence-electron chi connectivity index (χ1n) is 7.45. The minimum absolute atomic E-state index is 0.204. The lowest BCUT2D eigenvalue weighted by Gasteiger charge is -2.12. The van der Waals surface area contributed by atoms with Crippen LogP contribution < -0.4 is 10.5 Å². The van der Waals surface area contributed by atoms with Gasteiger partial charge in [-0.3, -0.25) is 0 Å². The van der Waals surface area contributed by atoms with E-state index in [1.54, 1.807) is 0 Å². The van der Waals surface area contributed by atoms with Crippen molar-refractivity contribution in [3.8, 4) is 5.75 Å². The Morgan fingerprint density at radius 3 is 2.67 bits per heavy atom. The molecule has 0 bridgehead atoms. The molecule has 0 spiro atoms. The van der Waals surface area contributed by atoms with Crippen LogP contribution in [0.25, 0.3) is 0 Å². The Bertz CT molecular complexity index is 609. The molecule has 1 heterocycles. The molecule has 2 aromatic carbocycles. The Hall–Kier alpha value is -1.32. The van der Waals surface area contributed by atoms with Crippen molar-refractivity contribution >= 4 is 15.9 Å². The van der Waals surface area contributed by atoms with Crippen molar-refractivity contribution in [2.45, 2.75) is 31.7 Å². The average Bonchev–Trinajstić information content (AvgIpc) is 2.95. The van der Waals surface area contributed by atoms with Gasteiger partial charge in [0, 0.05) is 16.9 Å². The zero-order valence-corrected chi connectivity index (χ0v) is 13.6. The van der Waals surface area contributed by atoms with Gasteiger partial charge in [-0.25, -0.2) is 0 Å². The lowest BCUT2D eigenvalue weighted by atomic mass is 9.98. The number of halogens is 1. The maximum Gasteiger partial charge on any atom is 0.122 e. The van der Waals surface area contributed by atoms with Crippen LogP contribution in [-0.4, -0.2) is 12.6 Å². The van der Waals surface area contributed by atoms with Crippen LogP contribution in [0.3, 0.4) is 0 Å². The Morgan fingerprint density at radius 2 is 1.86 bits per heavy atom. The Kier molecular flexibility index (Phi) is 4.61. The fraction of sp³-hybridized carbons (Fsp3) is 0.333. The van der Waals surface area contributed by atoms with E-state index in [0.717, 1.165) is 42.5 Å². The van der Waals surface area contributed by atoms with E-state index in [-0.39, 0.29) is 6.04 Å². The summed E-state index contributed by atoms with van der Waals surface area (Å²) in [7, 11) is 0. The van der Waals surface area contributed by atoms with Crippen LogP contribution >= 0.6 is 15.9 Å². The highest BCUT2D eigenvalue weighted by atomic mass is 79.9. The molecule has 1 unspecified atom stereocenters. The van der Waals surface area contributed by atoms with Crippen molar-refractivity contribution in [2.75, 3.05) is 6.61 Å². The summed E-state index contributed by atoms with van der Waals surface area (Å²) in [5.41, 5.74) is 10.3. The number of hydrogen-bond donors (Lipinski definition) is 1. The molecule has 1 atom stereocenters. The number of nitrogens with two attached hydrogens (primary N) is 1. The van der Waals surface area contributed by atoms with Crippen molar-refractivity contribution in [3.63, 3.8) is 0 Å². The third-order valence-electron chi connectivity index (χ3n) is 3.97.